The van der Waals surface area contributed by atoms with Crippen LogP contribution in [0.25, 0.3) is 0 Å². The third-order valence-electron chi connectivity index (χ3n) is 3.83. The molecule has 1 aromatic heterocycles. The van der Waals surface area contributed by atoms with E-state index in [1.54, 1.807) is 0 Å². The molecule has 0 atom stereocenters. The van der Waals surface area contributed by atoms with Crippen molar-refractivity contribution in [3.05, 3.63) is 23.9 Å². The van der Waals surface area contributed by atoms with Crippen LogP contribution in [-0.4, -0.2) is 49.2 Å². The summed E-state index contributed by atoms with van der Waals surface area (Å²) in [6, 6.07) is 4.29. The summed E-state index contributed by atoms with van der Waals surface area (Å²) in [7, 11) is 4.15. The maximum absolute atomic E-state index is 4.58. The molecule has 0 aromatic carbocycles. The van der Waals surface area contributed by atoms with Crippen molar-refractivity contribution in [1.82, 2.24) is 15.2 Å². The summed E-state index contributed by atoms with van der Waals surface area (Å²) in [6.45, 7) is 8.62. The average Bonchev–Trinajstić information content (AvgIpc) is 2.34. The van der Waals surface area contributed by atoms with Crippen molar-refractivity contribution in [2.24, 2.45) is 0 Å². The van der Waals surface area contributed by atoms with Gasteiger partial charge in [-0.15, -0.1) is 0 Å². The molecule has 1 aliphatic heterocycles. The lowest BCUT2D eigenvalue weighted by Gasteiger charge is -2.45. The number of hydrogen-bond acceptors (Lipinski definition) is 4. The van der Waals surface area contributed by atoms with Gasteiger partial charge in [0.2, 0.25) is 0 Å². The number of rotatable bonds is 3. The van der Waals surface area contributed by atoms with Crippen LogP contribution in [0.15, 0.2) is 18.3 Å². The molecule has 1 aromatic rings. The molecule has 0 bridgehead atoms. The summed E-state index contributed by atoms with van der Waals surface area (Å²) < 4.78 is 0. The smallest absolute Gasteiger partial charge is 0.128 e. The molecule has 0 unspecified atom stereocenters. The van der Waals surface area contributed by atoms with Gasteiger partial charge in [0.05, 0.1) is 0 Å². The highest BCUT2D eigenvalue weighted by atomic mass is 15.3. The Hall–Kier alpha value is -1.13. The Morgan fingerprint density at radius 2 is 2.11 bits per heavy atom. The molecule has 0 radical (unpaired) electrons. The Labute approximate surface area is 110 Å². The monoisotopic (exact) mass is 248 g/mol. The molecule has 0 saturated carbocycles. The predicted octanol–water partition coefficient (Wildman–Crippen LogP) is 1.33. The minimum atomic E-state index is 0.212. The molecule has 18 heavy (non-hydrogen) atoms. The van der Waals surface area contributed by atoms with Gasteiger partial charge in [-0.3, -0.25) is 4.90 Å². The zero-order chi connectivity index (χ0) is 13.2. The number of nitrogens with one attached hydrogen (secondary N) is 1. The standard InChI is InChI=1S/C14H24N4/c1-14(2)11-18(8-7-17(14)4)13-6-5-12(9-15-3)10-16-13/h5-6,10,15H,7-9,11H2,1-4H3. The van der Waals surface area contributed by atoms with Crippen LogP contribution in [0.1, 0.15) is 19.4 Å². The Bertz CT molecular complexity index is 385. The zero-order valence-electron chi connectivity index (χ0n) is 11.9. The van der Waals surface area contributed by atoms with Gasteiger partial charge in [0, 0.05) is 37.9 Å². The van der Waals surface area contributed by atoms with Crippen LogP contribution in [-0.2, 0) is 6.54 Å². The molecule has 1 aliphatic rings. The van der Waals surface area contributed by atoms with Gasteiger partial charge < -0.3 is 10.2 Å². The van der Waals surface area contributed by atoms with Gasteiger partial charge in [-0.05, 0) is 39.6 Å². The summed E-state index contributed by atoms with van der Waals surface area (Å²) in [4.78, 5) is 9.37. The minimum Gasteiger partial charge on any atom is -0.354 e. The fraction of sp³-hybridized carbons (Fsp3) is 0.643. The van der Waals surface area contributed by atoms with E-state index in [9.17, 15) is 0 Å². The number of anilines is 1. The van der Waals surface area contributed by atoms with E-state index in [1.165, 1.54) is 5.56 Å². The molecule has 2 heterocycles. The van der Waals surface area contributed by atoms with E-state index >= 15 is 0 Å². The molecule has 0 aliphatic carbocycles. The fourth-order valence-corrected chi connectivity index (χ4v) is 2.35. The first-order chi connectivity index (χ1) is 8.53. The molecule has 0 amide bonds. The number of pyridine rings is 1. The second-order valence-electron chi connectivity index (χ2n) is 5.71. The Morgan fingerprint density at radius 3 is 2.67 bits per heavy atom. The lowest BCUT2D eigenvalue weighted by Crippen LogP contribution is -2.57. The van der Waals surface area contributed by atoms with Crippen molar-refractivity contribution >= 4 is 5.82 Å². The number of piperazine rings is 1. The van der Waals surface area contributed by atoms with E-state index in [0.717, 1.165) is 32.0 Å². The first-order valence-electron chi connectivity index (χ1n) is 6.58. The number of aromatic nitrogens is 1. The lowest BCUT2D eigenvalue weighted by atomic mass is 10.00. The highest BCUT2D eigenvalue weighted by Gasteiger charge is 2.31. The third kappa shape index (κ3) is 2.82. The van der Waals surface area contributed by atoms with Crippen LogP contribution < -0.4 is 10.2 Å². The molecule has 1 fully saturated rings. The Morgan fingerprint density at radius 1 is 1.33 bits per heavy atom. The molecule has 0 spiro atoms. The van der Waals surface area contributed by atoms with Gasteiger partial charge in [-0.1, -0.05) is 6.07 Å². The quantitative estimate of drug-likeness (QED) is 0.874. The Kier molecular flexibility index (Phi) is 3.88. The lowest BCUT2D eigenvalue weighted by molar-refractivity contribution is 0.138. The number of hydrogen-bond donors (Lipinski definition) is 1. The topological polar surface area (TPSA) is 31.4 Å². The van der Waals surface area contributed by atoms with E-state index in [-0.39, 0.29) is 5.54 Å². The maximum atomic E-state index is 4.58. The molecule has 4 heteroatoms. The summed E-state index contributed by atoms with van der Waals surface area (Å²) >= 11 is 0. The molecular weight excluding hydrogens is 224 g/mol. The third-order valence-corrected chi connectivity index (χ3v) is 3.83. The first kappa shape index (κ1) is 13.3. The fourth-order valence-electron chi connectivity index (χ4n) is 2.35. The molecule has 1 saturated heterocycles. The van der Waals surface area contributed by atoms with Gasteiger partial charge in [-0.2, -0.15) is 0 Å². The van der Waals surface area contributed by atoms with Gasteiger partial charge in [0.15, 0.2) is 0 Å². The number of likely N-dealkylation sites (N-methyl/N-ethyl adjacent to an activating group) is 1. The zero-order valence-corrected chi connectivity index (χ0v) is 11.9. The summed E-state index contributed by atoms with van der Waals surface area (Å²) in [5.74, 6) is 1.09. The van der Waals surface area contributed by atoms with Gasteiger partial charge in [0.1, 0.15) is 5.82 Å². The highest BCUT2D eigenvalue weighted by molar-refractivity contribution is 5.40. The van der Waals surface area contributed by atoms with E-state index in [0.29, 0.717) is 0 Å². The van der Waals surface area contributed by atoms with E-state index in [4.69, 9.17) is 0 Å². The molecule has 1 N–H and O–H groups in total. The summed E-state index contributed by atoms with van der Waals surface area (Å²) in [6.07, 6.45) is 1.97. The normalized spacial score (nSPS) is 20.1. The van der Waals surface area contributed by atoms with E-state index in [1.807, 2.05) is 13.2 Å². The molecule has 4 nitrogen and oxygen atoms in total. The second-order valence-corrected chi connectivity index (χ2v) is 5.71. The summed E-state index contributed by atoms with van der Waals surface area (Å²) in [5, 5.41) is 3.14. The predicted molar refractivity (Wildman–Crippen MR) is 75.9 cm³/mol. The Balaban J connectivity index is 2.08. The SMILES string of the molecule is CNCc1ccc(N2CCN(C)C(C)(C)C2)nc1. The van der Waals surface area contributed by atoms with Crippen LogP contribution in [0.4, 0.5) is 5.82 Å². The first-order valence-corrected chi connectivity index (χ1v) is 6.58. The molecule has 2 rings (SSSR count). The largest absolute Gasteiger partial charge is 0.354 e. The maximum Gasteiger partial charge on any atom is 0.128 e. The van der Waals surface area contributed by atoms with Crippen molar-refractivity contribution in [3.63, 3.8) is 0 Å². The average molecular weight is 248 g/mol. The van der Waals surface area contributed by atoms with Gasteiger partial charge in [0.25, 0.3) is 0 Å². The van der Waals surface area contributed by atoms with Crippen molar-refractivity contribution in [2.45, 2.75) is 25.9 Å². The second kappa shape index (κ2) is 5.24. The highest BCUT2D eigenvalue weighted by Crippen LogP contribution is 2.22. The van der Waals surface area contributed by atoms with E-state index < -0.39 is 0 Å². The van der Waals surface area contributed by atoms with Crippen LogP contribution in [0.3, 0.4) is 0 Å². The number of nitrogens with zero attached hydrogens (tertiary/aromatic N) is 3. The van der Waals surface area contributed by atoms with Crippen LogP contribution in [0, 0.1) is 0 Å². The summed E-state index contributed by atoms with van der Waals surface area (Å²) in [5.41, 5.74) is 1.44. The van der Waals surface area contributed by atoms with Gasteiger partial charge in [-0.25, -0.2) is 4.98 Å². The molecular formula is C14H24N4. The van der Waals surface area contributed by atoms with Crippen molar-refractivity contribution in [1.29, 1.82) is 0 Å². The van der Waals surface area contributed by atoms with Crippen molar-refractivity contribution in [2.75, 3.05) is 38.6 Å². The van der Waals surface area contributed by atoms with Crippen molar-refractivity contribution in [3.8, 4) is 0 Å². The van der Waals surface area contributed by atoms with Crippen LogP contribution >= 0.6 is 0 Å². The van der Waals surface area contributed by atoms with Crippen LogP contribution in [0.2, 0.25) is 0 Å². The van der Waals surface area contributed by atoms with E-state index in [2.05, 4.69) is 53.1 Å². The van der Waals surface area contributed by atoms with Crippen LogP contribution in [0.5, 0.6) is 0 Å². The van der Waals surface area contributed by atoms with Gasteiger partial charge >= 0.3 is 0 Å². The van der Waals surface area contributed by atoms with Crippen molar-refractivity contribution < 1.29 is 0 Å². The minimum absolute atomic E-state index is 0.212. The molecule has 100 valence electrons.